The SMILES string of the molecule is CSc1cc(CCCSCCCCCCSSCCCCCCSCCCc2ccc(O)c(SC)c2)ccc1O. The highest BCUT2D eigenvalue weighted by Crippen LogP contribution is 2.29. The minimum absolute atomic E-state index is 0.402. The fourth-order valence-electron chi connectivity index (χ4n) is 4.27. The molecule has 0 amide bonds. The molecule has 2 nitrogen and oxygen atoms in total. The Bertz CT molecular complexity index is 837. The Labute approximate surface area is 270 Å². The Morgan fingerprint density at radius 2 is 0.850 bits per heavy atom. The predicted molar refractivity (Wildman–Crippen MR) is 193 cm³/mol. The molecule has 2 rings (SSSR count). The summed E-state index contributed by atoms with van der Waals surface area (Å²) in [5.41, 5.74) is 2.68. The normalized spacial score (nSPS) is 11.3. The van der Waals surface area contributed by atoms with Crippen molar-refractivity contribution >= 4 is 68.6 Å². The summed E-state index contributed by atoms with van der Waals surface area (Å²) in [4.78, 5) is 1.98. The second-order valence-electron chi connectivity index (χ2n) is 9.92. The van der Waals surface area contributed by atoms with Crippen LogP contribution in [0.5, 0.6) is 11.5 Å². The molecule has 0 aliphatic rings. The molecule has 0 saturated carbocycles. The van der Waals surface area contributed by atoms with Gasteiger partial charge in [-0.15, -0.1) is 23.5 Å². The van der Waals surface area contributed by atoms with Crippen LogP contribution in [0.15, 0.2) is 46.2 Å². The summed E-state index contributed by atoms with van der Waals surface area (Å²) in [5, 5.41) is 19.6. The summed E-state index contributed by atoms with van der Waals surface area (Å²) in [6.07, 6.45) is 19.6. The van der Waals surface area contributed by atoms with Gasteiger partial charge in [-0.2, -0.15) is 23.5 Å². The van der Waals surface area contributed by atoms with Gasteiger partial charge in [-0.1, -0.05) is 59.4 Å². The van der Waals surface area contributed by atoms with E-state index in [1.165, 1.54) is 110 Å². The third-order valence-corrected chi connectivity index (χ3v) is 13.0. The minimum Gasteiger partial charge on any atom is -0.507 e. The van der Waals surface area contributed by atoms with E-state index in [1.807, 2.05) is 24.6 Å². The van der Waals surface area contributed by atoms with Gasteiger partial charge in [0, 0.05) is 21.3 Å². The van der Waals surface area contributed by atoms with E-state index in [0.29, 0.717) is 11.5 Å². The quantitative estimate of drug-likeness (QED) is 0.0620. The number of aryl methyl sites for hydroxylation is 2. The van der Waals surface area contributed by atoms with E-state index >= 15 is 0 Å². The Kier molecular flexibility index (Phi) is 22.3. The van der Waals surface area contributed by atoms with Gasteiger partial charge in [-0.3, -0.25) is 0 Å². The lowest BCUT2D eigenvalue weighted by Gasteiger charge is -2.06. The van der Waals surface area contributed by atoms with E-state index in [2.05, 4.69) is 69.4 Å². The molecule has 0 heterocycles. The van der Waals surface area contributed by atoms with Crippen LogP contribution in [-0.2, 0) is 12.8 Å². The topological polar surface area (TPSA) is 40.5 Å². The lowest BCUT2D eigenvalue weighted by atomic mass is 10.1. The first-order valence-corrected chi connectivity index (χ1v) is 22.0. The Morgan fingerprint density at radius 3 is 1.25 bits per heavy atom. The van der Waals surface area contributed by atoms with E-state index in [-0.39, 0.29) is 0 Å². The van der Waals surface area contributed by atoms with Crippen molar-refractivity contribution in [1.82, 2.24) is 0 Å². The molecular weight excluding hydrogens is 609 g/mol. The van der Waals surface area contributed by atoms with E-state index in [0.717, 1.165) is 22.6 Å². The molecule has 0 atom stereocenters. The standard InChI is InChI=1S/C32H50O2S6/c1-35-31-25-27(15-17-29(31)33)13-11-21-37-19-7-3-5-9-23-39-40-24-10-6-4-8-20-38-22-12-14-28-16-18-30(34)32(26-28)36-2/h15-18,25-26,33-34H,3-14,19-24H2,1-2H3. The van der Waals surface area contributed by atoms with Crippen LogP contribution in [0.4, 0.5) is 0 Å². The van der Waals surface area contributed by atoms with Gasteiger partial charge < -0.3 is 10.2 Å². The zero-order valence-electron chi connectivity index (χ0n) is 24.5. The number of phenolic OH excluding ortho intramolecular Hbond substituents is 2. The number of benzene rings is 2. The largest absolute Gasteiger partial charge is 0.507 e. The van der Waals surface area contributed by atoms with Crippen LogP contribution in [0.3, 0.4) is 0 Å². The van der Waals surface area contributed by atoms with Gasteiger partial charge in [0.1, 0.15) is 11.5 Å². The first-order chi connectivity index (χ1) is 19.6. The maximum absolute atomic E-state index is 9.79. The van der Waals surface area contributed by atoms with Gasteiger partial charge in [-0.05, 0) is 122 Å². The van der Waals surface area contributed by atoms with Crippen LogP contribution in [0, 0.1) is 0 Å². The molecule has 0 saturated heterocycles. The summed E-state index contributed by atoms with van der Waals surface area (Å²) < 4.78 is 0. The first kappa shape index (κ1) is 36.3. The van der Waals surface area contributed by atoms with Crippen molar-refractivity contribution in [3.63, 3.8) is 0 Å². The third-order valence-electron chi connectivity index (χ3n) is 6.61. The highest BCUT2D eigenvalue weighted by molar-refractivity contribution is 8.76. The second-order valence-corrected chi connectivity index (χ2v) is 16.8. The molecule has 8 heteroatoms. The average Bonchev–Trinajstić information content (AvgIpc) is 2.97. The Morgan fingerprint density at radius 1 is 0.475 bits per heavy atom. The fourth-order valence-corrected chi connectivity index (χ4v) is 9.58. The zero-order valence-corrected chi connectivity index (χ0v) is 29.4. The molecule has 0 radical (unpaired) electrons. The third kappa shape index (κ3) is 17.3. The smallest absolute Gasteiger partial charge is 0.129 e. The van der Waals surface area contributed by atoms with E-state index in [9.17, 15) is 10.2 Å². The van der Waals surface area contributed by atoms with Crippen molar-refractivity contribution in [2.24, 2.45) is 0 Å². The number of hydrogen-bond donors (Lipinski definition) is 2. The molecule has 0 unspecified atom stereocenters. The van der Waals surface area contributed by atoms with E-state index in [4.69, 9.17) is 0 Å². The van der Waals surface area contributed by atoms with Gasteiger partial charge in [0.15, 0.2) is 0 Å². The Balaban J connectivity index is 1.25. The molecule has 0 aliphatic heterocycles. The second kappa shape index (κ2) is 24.6. The number of unbranched alkanes of at least 4 members (excludes halogenated alkanes) is 6. The maximum Gasteiger partial charge on any atom is 0.129 e. The van der Waals surface area contributed by atoms with Crippen LogP contribution >= 0.6 is 68.6 Å². The summed E-state index contributed by atoms with van der Waals surface area (Å²) in [6, 6.07) is 12.0. The molecule has 40 heavy (non-hydrogen) atoms. The lowest BCUT2D eigenvalue weighted by Crippen LogP contribution is -1.91. The number of phenols is 2. The lowest BCUT2D eigenvalue weighted by molar-refractivity contribution is 0.461. The number of rotatable bonds is 25. The molecule has 0 aromatic heterocycles. The van der Waals surface area contributed by atoms with Crippen molar-refractivity contribution < 1.29 is 10.2 Å². The monoisotopic (exact) mass is 658 g/mol. The molecule has 2 aromatic rings. The van der Waals surface area contributed by atoms with Crippen molar-refractivity contribution in [3.05, 3.63) is 47.5 Å². The van der Waals surface area contributed by atoms with Gasteiger partial charge in [-0.25, -0.2) is 0 Å². The van der Waals surface area contributed by atoms with E-state index in [1.54, 1.807) is 23.5 Å². The molecule has 2 aromatic carbocycles. The molecule has 0 fully saturated rings. The van der Waals surface area contributed by atoms with Gasteiger partial charge in [0.25, 0.3) is 0 Å². The fraction of sp³-hybridized carbons (Fsp3) is 0.625. The first-order valence-electron chi connectivity index (χ1n) is 14.8. The molecular formula is C32H50O2S6. The summed E-state index contributed by atoms with van der Waals surface area (Å²) in [5.74, 6) is 8.49. The number of hydrogen-bond acceptors (Lipinski definition) is 8. The molecule has 226 valence electrons. The summed E-state index contributed by atoms with van der Waals surface area (Å²) in [7, 11) is 4.17. The highest BCUT2D eigenvalue weighted by Gasteiger charge is 2.03. The Hall–Kier alpha value is 0.140. The van der Waals surface area contributed by atoms with E-state index < -0.39 is 0 Å². The summed E-state index contributed by atoms with van der Waals surface area (Å²) in [6.45, 7) is 0. The van der Waals surface area contributed by atoms with Crippen LogP contribution in [0.1, 0.15) is 75.3 Å². The predicted octanol–water partition coefficient (Wildman–Crippen LogP) is 11.1. The molecule has 2 N–H and O–H groups in total. The van der Waals surface area contributed by atoms with Crippen LogP contribution in [0.2, 0.25) is 0 Å². The summed E-state index contributed by atoms with van der Waals surface area (Å²) >= 11 is 7.43. The van der Waals surface area contributed by atoms with Crippen molar-refractivity contribution in [1.29, 1.82) is 0 Å². The average molecular weight is 659 g/mol. The van der Waals surface area contributed by atoms with Gasteiger partial charge in [0.2, 0.25) is 0 Å². The highest BCUT2D eigenvalue weighted by atomic mass is 33.1. The van der Waals surface area contributed by atoms with Crippen molar-refractivity contribution in [2.75, 3.05) is 47.0 Å². The maximum atomic E-state index is 9.79. The van der Waals surface area contributed by atoms with Crippen LogP contribution in [0.25, 0.3) is 0 Å². The van der Waals surface area contributed by atoms with Crippen molar-refractivity contribution in [2.45, 2.75) is 86.8 Å². The zero-order chi connectivity index (χ0) is 28.7. The molecule has 0 aliphatic carbocycles. The molecule has 0 spiro atoms. The van der Waals surface area contributed by atoms with Crippen LogP contribution < -0.4 is 0 Å². The van der Waals surface area contributed by atoms with Crippen molar-refractivity contribution in [3.8, 4) is 11.5 Å². The molecule has 0 bridgehead atoms. The van der Waals surface area contributed by atoms with Crippen LogP contribution in [-0.4, -0.2) is 57.2 Å². The van der Waals surface area contributed by atoms with Gasteiger partial charge in [0.05, 0.1) is 0 Å². The number of aromatic hydroxyl groups is 2. The van der Waals surface area contributed by atoms with Gasteiger partial charge >= 0.3 is 0 Å². The minimum atomic E-state index is 0.402. The number of thioether (sulfide) groups is 4.